The van der Waals surface area contributed by atoms with Gasteiger partial charge in [-0.15, -0.1) is 0 Å². The zero-order chi connectivity index (χ0) is 13.5. The molecular formula is C16H24BrNO. The minimum absolute atomic E-state index is 0.586. The molecule has 0 radical (unpaired) electrons. The molecule has 1 heterocycles. The van der Waals surface area contributed by atoms with Gasteiger partial charge in [-0.3, -0.25) is 0 Å². The molecule has 0 amide bonds. The van der Waals surface area contributed by atoms with Crippen molar-refractivity contribution in [2.24, 2.45) is 5.92 Å². The first kappa shape index (κ1) is 15.0. The van der Waals surface area contributed by atoms with Crippen LogP contribution in [-0.4, -0.2) is 25.8 Å². The lowest BCUT2D eigenvalue weighted by molar-refractivity contribution is 0.0606. The van der Waals surface area contributed by atoms with Crippen molar-refractivity contribution in [3.05, 3.63) is 34.3 Å². The van der Waals surface area contributed by atoms with Crippen LogP contribution in [-0.2, 0) is 11.2 Å². The summed E-state index contributed by atoms with van der Waals surface area (Å²) in [7, 11) is 0. The maximum absolute atomic E-state index is 5.45. The Hall–Kier alpha value is -0.380. The van der Waals surface area contributed by atoms with Gasteiger partial charge in [-0.2, -0.15) is 0 Å². The zero-order valence-corrected chi connectivity index (χ0v) is 13.3. The number of rotatable bonds is 6. The molecule has 19 heavy (non-hydrogen) atoms. The number of hydrogen-bond acceptors (Lipinski definition) is 2. The molecule has 1 aromatic carbocycles. The van der Waals surface area contributed by atoms with Crippen LogP contribution in [0.4, 0.5) is 0 Å². The highest BCUT2D eigenvalue weighted by molar-refractivity contribution is 9.10. The van der Waals surface area contributed by atoms with E-state index in [1.54, 1.807) is 0 Å². The van der Waals surface area contributed by atoms with Gasteiger partial charge in [0.05, 0.1) is 0 Å². The summed E-state index contributed by atoms with van der Waals surface area (Å²) >= 11 is 3.55. The average molecular weight is 326 g/mol. The molecule has 1 aliphatic rings. The molecule has 1 N–H and O–H groups in total. The Morgan fingerprint density at radius 2 is 2.16 bits per heavy atom. The van der Waals surface area contributed by atoms with Gasteiger partial charge in [0.15, 0.2) is 0 Å². The van der Waals surface area contributed by atoms with Gasteiger partial charge >= 0.3 is 0 Å². The van der Waals surface area contributed by atoms with Crippen LogP contribution in [0.5, 0.6) is 0 Å². The highest BCUT2D eigenvalue weighted by Gasteiger charge is 2.19. The largest absolute Gasteiger partial charge is 0.381 e. The van der Waals surface area contributed by atoms with Crippen LogP contribution >= 0.6 is 15.9 Å². The van der Waals surface area contributed by atoms with Crippen molar-refractivity contribution in [2.75, 3.05) is 19.8 Å². The molecule has 0 aliphatic carbocycles. The fourth-order valence-corrected chi connectivity index (χ4v) is 3.31. The number of hydrogen-bond donors (Lipinski definition) is 1. The Morgan fingerprint density at radius 1 is 1.37 bits per heavy atom. The summed E-state index contributed by atoms with van der Waals surface area (Å²) in [5, 5.41) is 3.64. The van der Waals surface area contributed by atoms with Crippen LogP contribution in [0.25, 0.3) is 0 Å². The predicted octanol–water partition coefficient (Wildman–Crippen LogP) is 3.79. The Morgan fingerprint density at radius 3 is 2.84 bits per heavy atom. The molecule has 106 valence electrons. The SMILES string of the molecule is CCNC(Cc1cccc(Br)c1)CC1CCOCC1. The average Bonchev–Trinajstić information content (AvgIpc) is 2.40. The molecule has 1 unspecified atom stereocenters. The molecule has 1 aliphatic heterocycles. The second-order valence-electron chi connectivity index (χ2n) is 5.38. The Labute approximate surface area is 125 Å². The van der Waals surface area contributed by atoms with Crippen molar-refractivity contribution < 1.29 is 4.74 Å². The summed E-state index contributed by atoms with van der Waals surface area (Å²) < 4.78 is 6.62. The summed E-state index contributed by atoms with van der Waals surface area (Å²) in [6.07, 6.45) is 4.83. The third kappa shape index (κ3) is 5.25. The third-order valence-electron chi connectivity index (χ3n) is 3.82. The predicted molar refractivity (Wildman–Crippen MR) is 83.5 cm³/mol. The van der Waals surface area contributed by atoms with Crippen LogP contribution < -0.4 is 5.32 Å². The fourth-order valence-electron chi connectivity index (χ4n) is 2.86. The van der Waals surface area contributed by atoms with Crippen LogP contribution in [0, 0.1) is 5.92 Å². The topological polar surface area (TPSA) is 21.3 Å². The minimum atomic E-state index is 0.586. The zero-order valence-electron chi connectivity index (χ0n) is 11.7. The highest BCUT2D eigenvalue weighted by Crippen LogP contribution is 2.22. The lowest BCUT2D eigenvalue weighted by atomic mass is 9.90. The quantitative estimate of drug-likeness (QED) is 0.859. The molecular weight excluding hydrogens is 302 g/mol. The van der Waals surface area contributed by atoms with E-state index in [0.717, 1.165) is 32.1 Å². The lowest BCUT2D eigenvalue weighted by Gasteiger charge is -2.27. The Balaban J connectivity index is 1.91. The molecule has 3 heteroatoms. The van der Waals surface area contributed by atoms with E-state index < -0.39 is 0 Å². The molecule has 1 fully saturated rings. The number of likely N-dealkylation sites (N-methyl/N-ethyl adjacent to an activating group) is 1. The Kier molecular flexibility index (Phi) is 6.35. The van der Waals surface area contributed by atoms with Crippen LogP contribution in [0.2, 0.25) is 0 Å². The normalized spacial score (nSPS) is 18.4. The van der Waals surface area contributed by atoms with E-state index in [1.807, 2.05) is 0 Å². The number of halogens is 1. The van der Waals surface area contributed by atoms with Gasteiger partial charge in [0.25, 0.3) is 0 Å². The molecule has 1 atom stereocenters. The molecule has 0 bridgehead atoms. The van der Waals surface area contributed by atoms with Crippen molar-refractivity contribution in [2.45, 2.75) is 38.6 Å². The van der Waals surface area contributed by atoms with Crippen LogP contribution in [0.1, 0.15) is 31.7 Å². The van der Waals surface area contributed by atoms with E-state index in [-0.39, 0.29) is 0 Å². The van der Waals surface area contributed by atoms with Gasteiger partial charge < -0.3 is 10.1 Å². The molecule has 0 aromatic heterocycles. The van der Waals surface area contributed by atoms with Gasteiger partial charge in [0, 0.05) is 23.7 Å². The van der Waals surface area contributed by atoms with Crippen LogP contribution in [0.3, 0.4) is 0 Å². The van der Waals surface area contributed by atoms with Crippen molar-refractivity contribution in [3.63, 3.8) is 0 Å². The number of nitrogens with one attached hydrogen (secondary N) is 1. The summed E-state index contributed by atoms with van der Waals surface area (Å²) in [6, 6.07) is 9.25. The summed E-state index contributed by atoms with van der Waals surface area (Å²) in [5.74, 6) is 0.824. The maximum Gasteiger partial charge on any atom is 0.0468 e. The van der Waals surface area contributed by atoms with Gasteiger partial charge in [0.1, 0.15) is 0 Å². The van der Waals surface area contributed by atoms with Gasteiger partial charge in [-0.25, -0.2) is 0 Å². The van der Waals surface area contributed by atoms with E-state index in [4.69, 9.17) is 4.74 Å². The lowest BCUT2D eigenvalue weighted by Crippen LogP contribution is -2.34. The van der Waals surface area contributed by atoms with E-state index in [1.165, 1.54) is 29.3 Å². The van der Waals surface area contributed by atoms with E-state index in [2.05, 4.69) is 52.4 Å². The fraction of sp³-hybridized carbons (Fsp3) is 0.625. The smallest absolute Gasteiger partial charge is 0.0468 e. The van der Waals surface area contributed by atoms with E-state index in [9.17, 15) is 0 Å². The van der Waals surface area contributed by atoms with Crippen molar-refractivity contribution in [3.8, 4) is 0 Å². The molecule has 0 saturated carbocycles. The second-order valence-corrected chi connectivity index (χ2v) is 6.30. The van der Waals surface area contributed by atoms with Crippen molar-refractivity contribution in [1.29, 1.82) is 0 Å². The van der Waals surface area contributed by atoms with Gasteiger partial charge in [0.2, 0.25) is 0 Å². The van der Waals surface area contributed by atoms with Crippen molar-refractivity contribution >= 4 is 15.9 Å². The maximum atomic E-state index is 5.45. The standard InChI is InChI=1S/C16H24BrNO/c1-2-18-16(11-13-6-8-19-9-7-13)12-14-4-3-5-15(17)10-14/h3-5,10,13,16,18H,2,6-9,11-12H2,1H3. The molecule has 2 rings (SSSR count). The van der Waals surface area contributed by atoms with Crippen LogP contribution in [0.15, 0.2) is 28.7 Å². The first-order valence-electron chi connectivity index (χ1n) is 7.33. The summed E-state index contributed by atoms with van der Waals surface area (Å²) in [4.78, 5) is 0. The van der Waals surface area contributed by atoms with Crippen molar-refractivity contribution in [1.82, 2.24) is 5.32 Å². The molecule has 1 aromatic rings. The summed E-state index contributed by atoms with van der Waals surface area (Å²) in [6.45, 7) is 5.13. The second kappa shape index (κ2) is 8.03. The molecule has 1 saturated heterocycles. The van der Waals surface area contributed by atoms with E-state index >= 15 is 0 Å². The first-order chi connectivity index (χ1) is 9.28. The first-order valence-corrected chi connectivity index (χ1v) is 8.12. The third-order valence-corrected chi connectivity index (χ3v) is 4.32. The molecule has 2 nitrogen and oxygen atoms in total. The number of benzene rings is 1. The Bertz CT molecular complexity index is 377. The van der Waals surface area contributed by atoms with E-state index in [0.29, 0.717) is 6.04 Å². The monoisotopic (exact) mass is 325 g/mol. The summed E-state index contributed by atoms with van der Waals surface area (Å²) in [5.41, 5.74) is 1.41. The van der Waals surface area contributed by atoms with Gasteiger partial charge in [-0.1, -0.05) is 35.0 Å². The minimum Gasteiger partial charge on any atom is -0.381 e. The molecule has 0 spiro atoms. The highest BCUT2D eigenvalue weighted by atomic mass is 79.9. The van der Waals surface area contributed by atoms with Gasteiger partial charge in [-0.05, 0) is 55.8 Å². The number of ether oxygens (including phenoxy) is 1.